The maximum Gasteiger partial charge on any atom is 0.227 e. The fraction of sp³-hybridized carbons (Fsp3) is 0.632. The van der Waals surface area contributed by atoms with Crippen LogP contribution in [0.5, 0.6) is 0 Å². The van der Waals surface area contributed by atoms with Crippen LogP contribution in [0, 0.1) is 5.92 Å². The second-order valence-corrected chi connectivity index (χ2v) is 6.90. The maximum atomic E-state index is 13.0. The summed E-state index contributed by atoms with van der Waals surface area (Å²) in [4.78, 5) is 17.2. The van der Waals surface area contributed by atoms with Crippen molar-refractivity contribution >= 4 is 17.3 Å². The summed E-state index contributed by atoms with van der Waals surface area (Å²) in [7, 11) is 3.90. The fourth-order valence-corrected chi connectivity index (χ4v) is 3.98. The smallest absolute Gasteiger partial charge is 0.227 e. The van der Waals surface area contributed by atoms with E-state index in [1.807, 2.05) is 17.0 Å². The third-order valence-electron chi connectivity index (χ3n) is 5.29. The number of fused-ring (bicyclic) bond motifs is 1. The SMILES string of the molecule is CO[C@@H]1CCC[C@@H](CC(=O)N2CCCN(C)c3ccccc32)C1. The van der Waals surface area contributed by atoms with Crippen LogP contribution < -0.4 is 9.80 Å². The number of carbonyl (C=O) groups excluding carboxylic acids is 1. The van der Waals surface area contributed by atoms with E-state index in [0.29, 0.717) is 18.4 Å². The van der Waals surface area contributed by atoms with Gasteiger partial charge in [-0.15, -0.1) is 0 Å². The first-order valence-electron chi connectivity index (χ1n) is 8.82. The molecule has 4 nitrogen and oxygen atoms in total. The van der Waals surface area contributed by atoms with E-state index >= 15 is 0 Å². The van der Waals surface area contributed by atoms with Crippen molar-refractivity contribution < 1.29 is 9.53 Å². The van der Waals surface area contributed by atoms with E-state index in [2.05, 4.69) is 24.1 Å². The highest BCUT2D eigenvalue weighted by Gasteiger charge is 2.28. The zero-order chi connectivity index (χ0) is 16.2. The molecule has 1 aromatic carbocycles. The zero-order valence-corrected chi connectivity index (χ0v) is 14.3. The van der Waals surface area contributed by atoms with Crippen molar-refractivity contribution in [2.24, 2.45) is 5.92 Å². The molecule has 0 aromatic heterocycles. The molecule has 2 atom stereocenters. The lowest BCUT2D eigenvalue weighted by Gasteiger charge is -2.30. The first-order chi connectivity index (χ1) is 11.2. The number of ether oxygens (including phenoxy) is 1. The highest BCUT2D eigenvalue weighted by Crippen LogP contribution is 2.34. The fourth-order valence-electron chi connectivity index (χ4n) is 3.98. The molecule has 23 heavy (non-hydrogen) atoms. The highest BCUT2D eigenvalue weighted by molar-refractivity contribution is 5.97. The Labute approximate surface area is 139 Å². The molecule has 126 valence electrons. The molecular formula is C19H28N2O2. The van der Waals surface area contributed by atoms with Crippen LogP contribution in [0.25, 0.3) is 0 Å². The van der Waals surface area contributed by atoms with Crippen LogP contribution >= 0.6 is 0 Å². The van der Waals surface area contributed by atoms with Gasteiger partial charge in [0.25, 0.3) is 0 Å². The van der Waals surface area contributed by atoms with Gasteiger partial charge >= 0.3 is 0 Å². The molecule has 1 aromatic rings. The summed E-state index contributed by atoms with van der Waals surface area (Å²) in [5, 5.41) is 0. The average molecular weight is 316 g/mol. The lowest BCUT2D eigenvalue weighted by molar-refractivity contribution is -0.120. The van der Waals surface area contributed by atoms with Gasteiger partial charge in [-0.3, -0.25) is 4.79 Å². The zero-order valence-electron chi connectivity index (χ0n) is 14.3. The van der Waals surface area contributed by atoms with E-state index in [1.165, 1.54) is 6.42 Å². The van der Waals surface area contributed by atoms with Crippen LogP contribution in [0.4, 0.5) is 11.4 Å². The molecule has 0 unspecified atom stereocenters. The molecule has 2 aliphatic rings. The lowest BCUT2D eigenvalue weighted by Crippen LogP contribution is -2.34. The van der Waals surface area contributed by atoms with Gasteiger partial charge in [0.15, 0.2) is 0 Å². The third-order valence-corrected chi connectivity index (χ3v) is 5.29. The predicted octanol–water partition coefficient (Wildman–Crippen LogP) is 3.45. The molecule has 0 N–H and O–H groups in total. The summed E-state index contributed by atoms with van der Waals surface area (Å²) in [6.45, 7) is 1.82. The Kier molecular flexibility index (Phi) is 5.21. The Bertz CT molecular complexity index is 546. The van der Waals surface area contributed by atoms with Crippen LogP contribution in [-0.4, -0.2) is 39.3 Å². The molecule has 1 fully saturated rings. The van der Waals surface area contributed by atoms with Gasteiger partial charge in [0, 0.05) is 33.7 Å². The van der Waals surface area contributed by atoms with Crippen molar-refractivity contribution in [1.82, 2.24) is 0 Å². The molecule has 4 heteroatoms. The number of amides is 1. The van der Waals surface area contributed by atoms with Crippen molar-refractivity contribution in [2.75, 3.05) is 37.0 Å². The van der Waals surface area contributed by atoms with Gasteiger partial charge in [0.05, 0.1) is 17.5 Å². The second-order valence-electron chi connectivity index (χ2n) is 6.90. The van der Waals surface area contributed by atoms with Gasteiger partial charge in [0.1, 0.15) is 0 Å². The van der Waals surface area contributed by atoms with Crippen LogP contribution in [0.1, 0.15) is 38.5 Å². The van der Waals surface area contributed by atoms with Crippen LogP contribution in [0.15, 0.2) is 24.3 Å². The van der Waals surface area contributed by atoms with Gasteiger partial charge < -0.3 is 14.5 Å². The van der Waals surface area contributed by atoms with Crippen molar-refractivity contribution in [1.29, 1.82) is 0 Å². The van der Waals surface area contributed by atoms with Gasteiger partial charge in [0.2, 0.25) is 5.91 Å². The van der Waals surface area contributed by atoms with E-state index in [-0.39, 0.29) is 5.91 Å². The third kappa shape index (κ3) is 3.69. The molecule has 0 spiro atoms. The molecule has 1 heterocycles. The minimum atomic E-state index is 0.273. The summed E-state index contributed by atoms with van der Waals surface area (Å²) in [6.07, 6.45) is 6.50. The Morgan fingerprint density at radius 3 is 2.74 bits per heavy atom. The minimum Gasteiger partial charge on any atom is -0.381 e. The number of hydrogen-bond donors (Lipinski definition) is 0. The quantitative estimate of drug-likeness (QED) is 0.856. The van der Waals surface area contributed by atoms with E-state index in [4.69, 9.17) is 4.74 Å². The summed E-state index contributed by atoms with van der Waals surface area (Å²) in [6, 6.07) is 8.27. The average Bonchev–Trinajstić information content (AvgIpc) is 2.74. The van der Waals surface area contributed by atoms with Crippen molar-refractivity contribution in [3.8, 4) is 0 Å². The number of rotatable bonds is 3. The van der Waals surface area contributed by atoms with Gasteiger partial charge in [-0.1, -0.05) is 18.6 Å². The minimum absolute atomic E-state index is 0.273. The molecule has 0 radical (unpaired) electrons. The number of hydrogen-bond acceptors (Lipinski definition) is 3. The largest absolute Gasteiger partial charge is 0.381 e. The normalized spacial score (nSPS) is 25.0. The first kappa shape index (κ1) is 16.3. The molecule has 0 saturated heterocycles. The lowest BCUT2D eigenvalue weighted by atomic mass is 9.84. The molecule has 1 aliphatic carbocycles. The summed E-state index contributed by atoms with van der Waals surface area (Å²) >= 11 is 0. The first-order valence-corrected chi connectivity index (χ1v) is 8.82. The Morgan fingerprint density at radius 1 is 1.17 bits per heavy atom. The van der Waals surface area contributed by atoms with E-state index in [1.54, 1.807) is 7.11 Å². The van der Waals surface area contributed by atoms with Crippen molar-refractivity contribution in [3.63, 3.8) is 0 Å². The highest BCUT2D eigenvalue weighted by atomic mass is 16.5. The predicted molar refractivity (Wildman–Crippen MR) is 94.1 cm³/mol. The summed E-state index contributed by atoms with van der Waals surface area (Å²) in [5.74, 6) is 0.740. The molecule has 1 aliphatic heterocycles. The van der Waals surface area contributed by atoms with Gasteiger partial charge in [-0.25, -0.2) is 0 Å². The van der Waals surface area contributed by atoms with Gasteiger partial charge in [-0.2, -0.15) is 0 Å². The van der Waals surface area contributed by atoms with Crippen molar-refractivity contribution in [3.05, 3.63) is 24.3 Å². The number of nitrogens with zero attached hydrogens (tertiary/aromatic N) is 2. The Hall–Kier alpha value is -1.55. The topological polar surface area (TPSA) is 32.8 Å². The molecule has 0 bridgehead atoms. The number of anilines is 2. The van der Waals surface area contributed by atoms with E-state index < -0.39 is 0 Å². The molecule has 1 saturated carbocycles. The second kappa shape index (κ2) is 7.35. The van der Waals surface area contributed by atoms with Crippen LogP contribution in [-0.2, 0) is 9.53 Å². The van der Waals surface area contributed by atoms with Crippen molar-refractivity contribution in [2.45, 2.75) is 44.6 Å². The number of benzene rings is 1. The maximum absolute atomic E-state index is 13.0. The molecule has 3 rings (SSSR count). The standard InChI is InChI=1S/C19H28N2O2/c1-20-11-6-12-21(18-10-4-3-9-17(18)20)19(22)14-15-7-5-8-16(13-15)23-2/h3-4,9-10,15-16H,5-8,11-14H2,1-2H3/t15-,16-/m1/s1. The van der Waals surface area contributed by atoms with E-state index in [0.717, 1.165) is 50.1 Å². The number of para-hydroxylation sites is 2. The van der Waals surface area contributed by atoms with Crippen LogP contribution in [0.3, 0.4) is 0 Å². The van der Waals surface area contributed by atoms with Gasteiger partial charge in [-0.05, 0) is 43.7 Å². The molecule has 1 amide bonds. The number of methoxy groups -OCH3 is 1. The van der Waals surface area contributed by atoms with Crippen LogP contribution in [0.2, 0.25) is 0 Å². The molecular weight excluding hydrogens is 288 g/mol. The number of carbonyl (C=O) groups is 1. The Morgan fingerprint density at radius 2 is 1.96 bits per heavy atom. The Balaban J connectivity index is 1.73. The summed E-state index contributed by atoms with van der Waals surface area (Å²) in [5.41, 5.74) is 2.23. The van der Waals surface area contributed by atoms with E-state index in [9.17, 15) is 4.79 Å². The summed E-state index contributed by atoms with van der Waals surface area (Å²) < 4.78 is 5.51. The monoisotopic (exact) mass is 316 g/mol.